The van der Waals surface area contributed by atoms with E-state index in [4.69, 9.17) is 9.52 Å². The monoisotopic (exact) mass is 581 g/mol. The number of hydrogen-bond acceptors (Lipinski definition) is 7. The molecule has 3 aromatic carbocycles. The van der Waals surface area contributed by atoms with Crippen LogP contribution in [-0.4, -0.2) is 37.4 Å². The van der Waals surface area contributed by atoms with Gasteiger partial charge in [0.05, 0.1) is 22.7 Å². The summed E-state index contributed by atoms with van der Waals surface area (Å²) in [6.45, 7) is 0. The molecule has 41 heavy (non-hydrogen) atoms. The van der Waals surface area contributed by atoms with Gasteiger partial charge in [0.15, 0.2) is 0 Å². The molecule has 4 aromatic rings. The molecule has 5 rings (SSSR count). The molecule has 1 amide bonds. The molecule has 1 aliphatic carbocycles. The van der Waals surface area contributed by atoms with Crippen molar-refractivity contribution >= 4 is 44.2 Å². The van der Waals surface area contributed by atoms with Crippen molar-refractivity contribution in [3.63, 3.8) is 0 Å². The first kappa shape index (κ1) is 27.8. The molecular formula is C28H24FN3O8S. The number of sulfonamides is 1. The number of aliphatic carboxylic acids is 1. The van der Waals surface area contributed by atoms with Gasteiger partial charge in [-0.1, -0.05) is 0 Å². The lowest BCUT2D eigenvalue weighted by Crippen LogP contribution is -2.18. The van der Waals surface area contributed by atoms with Crippen LogP contribution >= 0.6 is 0 Å². The summed E-state index contributed by atoms with van der Waals surface area (Å²) >= 11 is 0. The van der Waals surface area contributed by atoms with Gasteiger partial charge >= 0.3 is 5.97 Å². The van der Waals surface area contributed by atoms with Crippen molar-refractivity contribution in [1.29, 1.82) is 0 Å². The predicted octanol–water partition coefficient (Wildman–Crippen LogP) is 4.95. The Morgan fingerprint density at radius 2 is 1.80 bits per heavy atom. The van der Waals surface area contributed by atoms with Gasteiger partial charge in [0.25, 0.3) is 11.6 Å². The van der Waals surface area contributed by atoms with Crippen molar-refractivity contribution in [3.05, 3.63) is 92.8 Å². The van der Waals surface area contributed by atoms with Crippen molar-refractivity contribution in [3.8, 4) is 11.3 Å². The number of hydrogen-bond donors (Lipinski definition) is 3. The van der Waals surface area contributed by atoms with Gasteiger partial charge in [-0.25, -0.2) is 12.8 Å². The lowest BCUT2D eigenvalue weighted by Gasteiger charge is -2.13. The van der Waals surface area contributed by atoms with E-state index in [1.807, 2.05) is 0 Å². The lowest BCUT2D eigenvalue weighted by atomic mass is 9.98. The number of carbonyl (C=O) groups excluding carboxylic acids is 1. The number of carboxylic acids is 1. The van der Waals surface area contributed by atoms with Gasteiger partial charge in [-0.05, 0) is 78.4 Å². The molecule has 0 unspecified atom stereocenters. The Labute approximate surface area is 233 Å². The fourth-order valence-corrected chi connectivity index (χ4v) is 6.03. The average Bonchev–Trinajstić information content (AvgIpc) is 3.68. The minimum atomic E-state index is -4.07. The fraction of sp³-hybridized carbons (Fsp3) is 0.214. The number of benzene rings is 3. The van der Waals surface area contributed by atoms with Crippen LogP contribution in [0.3, 0.4) is 0 Å². The zero-order chi connectivity index (χ0) is 29.5. The maximum Gasteiger partial charge on any atom is 0.308 e. The molecule has 212 valence electrons. The quantitative estimate of drug-likeness (QED) is 0.174. The first-order chi connectivity index (χ1) is 19.5. The maximum absolute atomic E-state index is 13.6. The third-order valence-corrected chi connectivity index (χ3v) is 8.00. The lowest BCUT2D eigenvalue weighted by molar-refractivity contribution is -0.385. The van der Waals surface area contributed by atoms with Crippen LogP contribution in [-0.2, 0) is 27.0 Å². The molecule has 1 aliphatic rings. The van der Waals surface area contributed by atoms with E-state index in [2.05, 4.69) is 10.0 Å². The number of furan rings is 1. The highest BCUT2D eigenvalue weighted by molar-refractivity contribution is 7.91. The van der Waals surface area contributed by atoms with Crippen LogP contribution in [0.15, 0.2) is 59.0 Å². The minimum absolute atomic E-state index is 0.0144. The van der Waals surface area contributed by atoms with Gasteiger partial charge in [-0.3, -0.25) is 24.4 Å². The van der Waals surface area contributed by atoms with Crippen LogP contribution in [0.1, 0.15) is 45.8 Å². The number of nitro groups is 1. The highest BCUT2D eigenvalue weighted by Gasteiger charge is 2.31. The van der Waals surface area contributed by atoms with Crippen molar-refractivity contribution < 1.29 is 36.8 Å². The summed E-state index contributed by atoms with van der Waals surface area (Å²) in [4.78, 5) is 34.6. The van der Waals surface area contributed by atoms with Gasteiger partial charge in [0.1, 0.15) is 17.2 Å². The van der Waals surface area contributed by atoms with E-state index in [-0.39, 0.29) is 34.1 Å². The van der Waals surface area contributed by atoms with E-state index in [0.29, 0.717) is 16.5 Å². The summed E-state index contributed by atoms with van der Waals surface area (Å²) in [5, 5.41) is 23.5. The van der Waals surface area contributed by atoms with Gasteiger partial charge in [0.2, 0.25) is 10.0 Å². The first-order valence-electron chi connectivity index (χ1n) is 12.5. The Kier molecular flexibility index (Phi) is 7.22. The molecule has 1 fully saturated rings. The summed E-state index contributed by atoms with van der Waals surface area (Å²) < 4.78 is 48.5. The fourth-order valence-electron chi connectivity index (χ4n) is 4.81. The molecule has 11 nitrogen and oxygen atoms in total. The smallest absolute Gasteiger partial charge is 0.308 e. The van der Waals surface area contributed by atoms with E-state index in [0.717, 1.165) is 30.5 Å². The highest BCUT2D eigenvalue weighted by atomic mass is 32.2. The Bertz CT molecular complexity index is 1810. The standard InChI is InChI=1S/C28H24FN3O8S/c1-30-28(35)26-22-13-21(15-2-3-15)18(11-24(22)40-27(26)16-4-6-19(29)7-5-16)14-41(38,39)31-20-8-9-23(32(36)37)17(10-20)12-25(33)34/h4-11,13,15,31H,2-3,12,14H2,1H3,(H,30,35)(H,33,34). The van der Waals surface area contributed by atoms with E-state index in [9.17, 15) is 32.5 Å². The first-order valence-corrected chi connectivity index (χ1v) is 14.2. The Morgan fingerprint density at radius 3 is 2.41 bits per heavy atom. The molecular weight excluding hydrogens is 557 g/mol. The zero-order valence-electron chi connectivity index (χ0n) is 21.6. The predicted molar refractivity (Wildman–Crippen MR) is 148 cm³/mol. The van der Waals surface area contributed by atoms with Crippen LogP contribution in [0.25, 0.3) is 22.3 Å². The molecule has 0 saturated heterocycles. The van der Waals surface area contributed by atoms with Gasteiger partial charge < -0.3 is 14.8 Å². The molecule has 13 heteroatoms. The zero-order valence-corrected chi connectivity index (χ0v) is 22.5. The van der Waals surface area contributed by atoms with Crippen molar-refractivity contribution in [2.24, 2.45) is 0 Å². The number of nitrogens with zero attached hydrogens (tertiary/aromatic N) is 1. The number of carbonyl (C=O) groups is 2. The van der Waals surface area contributed by atoms with Crippen LogP contribution in [0.5, 0.6) is 0 Å². The van der Waals surface area contributed by atoms with E-state index in [1.54, 1.807) is 12.1 Å². The Hall–Kier alpha value is -4.78. The molecule has 0 aliphatic heterocycles. The molecule has 0 spiro atoms. The number of rotatable bonds is 10. The SMILES string of the molecule is CNC(=O)c1c(-c2ccc(F)cc2)oc2cc(CS(=O)(=O)Nc3ccc([N+](=O)[O-])c(CC(=O)O)c3)c(C3CC3)cc12. The van der Waals surface area contributed by atoms with Crippen LogP contribution in [0, 0.1) is 15.9 Å². The summed E-state index contributed by atoms with van der Waals surface area (Å²) in [5.74, 6) is -2.33. The Morgan fingerprint density at radius 1 is 1.10 bits per heavy atom. The van der Waals surface area contributed by atoms with Crippen molar-refractivity contribution in [2.45, 2.75) is 30.9 Å². The van der Waals surface area contributed by atoms with Crippen LogP contribution in [0.4, 0.5) is 15.8 Å². The number of halogens is 1. The normalized spacial score (nSPS) is 13.2. The van der Waals surface area contributed by atoms with Crippen LogP contribution in [0.2, 0.25) is 0 Å². The number of anilines is 1. The molecule has 0 atom stereocenters. The van der Waals surface area contributed by atoms with Gasteiger partial charge in [0, 0.05) is 35.3 Å². The average molecular weight is 582 g/mol. The highest BCUT2D eigenvalue weighted by Crippen LogP contribution is 2.45. The Balaban J connectivity index is 1.54. The van der Waals surface area contributed by atoms with Crippen LogP contribution < -0.4 is 10.0 Å². The molecule has 3 N–H and O–H groups in total. The minimum Gasteiger partial charge on any atom is -0.481 e. The number of amides is 1. The van der Waals surface area contributed by atoms with Crippen molar-refractivity contribution in [2.75, 3.05) is 11.8 Å². The number of nitro benzene ring substituents is 1. The summed E-state index contributed by atoms with van der Waals surface area (Å²) in [5.41, 5.74) is 1.60. The van der Waals surface area contributed by atoms with E-state index in [1.165, 1.54) is 37.4 Å². The third kappa shape index (κ3) is 5.89. The summed E-state index contributed by atoms with van der Waals surface area (Å²) in [6, 6.07) is 12.2. The number of carboxylic acid groups (broad SMARTS) is 1. The molecule has 1 saturated carbocycles. The van der Waals surface area contributed by atoms with Gasteiger partial charge in [-0.15, -0.1) is 0 Å². The summed E-state index contributed by atoms with van der Waals surface area (Å²) in [7, 11) is -2.60. The maximum atomic E-state index is 13.6. The number of fused-ring (bicyclic) bond motifs is 1. The molecule has 1 heterocycles. The topological polar surface area (TPSA) is 169 Å². The number of nitrogens with one attached hydrogen (secondary N) is 2. The second-order valence-electron chi connectivity index (χ2n) is 9.75. The third-order valence-electron chi connectivity index (χ3n) is 6.76. The van der Waals surface area contributed by atoms with E-state index < -0.39 is 50.5 Å². The summed E-state index contributed by atoms with van der Waals surface area (Å²) in [6.07, 6.45) is 1.02. The largest absolute Gasteiger partial charge is 0.481 e. The molecule has 1 aromatic heterocycles. The second kappa shape index (κ2) is 10.7. The van der Waals surface area contributed by atoms with Crippen molar-refractivity contribution in [1.82, 2.24) is 5.32 Å². The second-order valence-corrected chi connectivity index (χ2v) is 11.5. The molecule has 0 bridgehead atoms. The van der Waals surface area contributed by atoms with E-state index >= 15 is 0 Å². The molecule has 0 radical (unpaired) electrons. The van der Waals surface area contributed by atoms with Gasteiger partial charge in [-0.2, -0.15) is 0 Å².